The van der Waals surface area contributed by atoms with Gasteiger partial charge in [-0.15, -0.1) is 0 Å². The molecule has 0 bridgehead atoms. The van der Waals surface area contributed by atoms with Crippen LogP contribution in [0.2, 0.25) is 0 Å². The molecule has 0 saturated heterocycles. The number of hydrogen-bond donors (Lipinski definition) is 3. The predicted octanol–water partition coefficient (Wildman–Crippen LogP) is -0.179. The van der Waals surface area contributed by atoms with Gasteiger partial charge < -0.3 is 15.7 Å². The minimum atomic E-state index is -0.996. The topological polar surface area (TPSA) is 78.4 Å². The van der Waals surface area contributed by atoms with Gasteiger partial charge in [0.2, 0.25) is 5.91 Å². The van der Waals surface area contributed by atoms with Gasteiger partial charge in [0.15, 0.2) is 0 Å². The van der Waals surface area contributed by atoms with Gasteiger partial charge in [0, 0.05) is 0 Å². The van der Waals surface area contributed by atoms with Gasteiger partial charge >= 0.3 is 5.97 Å². The molecule has 0 aromatic carbocycles. The number of carbonyl (C=O) groups is 2. The van der Waals surface area contributed by atoms with Gasteiger partial charge in [0.1, 0.15) is 6.04 Å². The number of carbonyl (C=O) groups excluding carboxylic acids is 1. The summed E-state index contributed by atoms with van der Waals surface area (Å²) in [5, 5.41) is 14.1. The molecule has 5 nitrogen and oxygen atoms in total. The van der Waals surface area contributed by atoms with Crippen molar-refractivity contribution >= 4 is 11.9 Å². The first kappa shape index (κ1) is 12.9. The average molecular weight is 202 g/mol. The maximum Gasteiger partial charge on any atom is 0.326 e. The molecule has 1 atom stereocenters. The van der Waals surface area contributed by atoms with Crippen LogP contribution in [0.3, 0.4) is 0 Å². The van der Waals surface area contributed by atoms with Crippen molar-refractivity contribution in [3.05, 3.63) is 0 Å². The summed E-state index contributed by atoms with van der Waals surface area (Å²) >= 11 is 0. The molecule has 0 aliphatic rings. The van der Waals surface area contributed by atoms with E-state index in [1.54, 1.807) is 13.8 Å². The van der Waals surface area contributed by atoms with Gasteiger partial charge in [-0.1, -0.05) is 20.8 Å². The van der Waals surface area contributed by atoms with Gasteiger partial charge in [0.05, 0.1) is 6.54 Å². The van der Waals surface area contributed by atoms with E-state index in [9.17, 15) is 9.59 Å². The molecule has 14 heavy (non-hydrogen) atoms. The molecule has 3 N–H and O–H groups in total. The predicted molar refractivity (Wildman–Crippen MR) is 52.9 cm³/mol. The summed E-state index contributed by atoms with van der Waals surface area (Å²) in [6.07, 6.45) is 0. The second-order valence-electron chi connectivity index (χ2n) is 3.41. The van der Waals surface area contributed by atoms with Crippen molar-refractivity contribution in [2.45, 2.75) is 26.8 Å². The molecule has 0 aliphatic carbocycles. The number of aliphatic carboxylic acids is 1. The smallest absolute Gasteiger partial charge is 0.326 e. The van der Waals surface area contributed by atoms with Crippen LogP contribution in [0.5, 0.6) is 0 Å². The van der Waals surface area contributed by atoms with Crippen molar-refractivity contribution in [3.63, 3.8) is 0 Å². The average Bonchev–Trinajstić information content (AvgIpc) is 2.09. The third-order valence-electron chi connectivity index (χ3n) is 1.78. The first-order valence-corrected chi connectivity index (χ1v) is 4.72. The molecule has 0 spiro atoms. The SMILES string of the molecule is CCNCC(=O)N[C@@H](C(=O)O)C(C)C. The molecule has 1 amide bonds. The van der Waals surface area contributed by atoms with E-state index < -0.39 is 12.0 Å². The highest BCUT2D eigenvalue weighted by molar-refractivity contribution is 5.84. The number of likely N-dealkylation sites (N-methyl/N-ethyl adjacent to an activating group) is 1. The van der Waals surface area contributed by atoms with E-state index in [2.05, 4.69) is 10.6 Å². The van der Waals surface area contributed by atoms with E-state index in [0.29, 0.717) is 6.54 Å². The van der Waals surface area contributed by atoms with Gasteiger partial charge in [-0.3, -0.25) is 4.79 Å². The van der Waals surface area contributed by atoms with Crippen molar-refractivity contribution in [2.24, 2.45) is 5.92 Å². The highest BCUT2D eigenvalue weighted by Gasteiger charge is 2.22. The number of rotatable bonds is 6. The fraction of sp³-hybridized carbons (Fsp3) is 0.778. The van der Waals surface area contributed by atoms with Gasteiger partial charge in [-0.2, -0.15) is 0 Å². The molecule has 82 valence electrons. The van der Waals surface area contributed by atoms with Crippen LogP contribution in [0, 0.1) is 5.92 Å². The molecule has 0 aromatic heterocycles. The Balaban J connectivity index is 4.04. The standard InChI is InChI=1S/C9H18N2O3/c1-4-10-5-7(12)11-8(6(2)3)9(13)14/h6,8,10H,4-5H2,1-3H3,(H,11,12)(H,13,14)/t8-/m1/s1. The van der Waals surface area contributed by atoms with Gasteiger partial charge in [-0.25, -0.2) is 4.79 Å². The van der Waals surface area contributed by atoms with Crippen molar-refractivity contribution in [3.8, 4) is 0 Å². The van der Waals surface area contributed by atoms with Crippen LogP contribution in [-0.4, -0.2) is 36.1 Å². The van der Waals surface area contributed by atoms with E-state index >= 15 is 0 Å². The van der Waals surface area contributed by atoms with Gasteiger partial charge in [-0.05, 0) is 12.5 Å². The second kappa shape index (κ2) is 6.37. The Morgan fingerprint density at radius 2 is 1.93 bits per heavy atom. The highest BCUT2D eigenvalue weighted by atomic mass is 16.4. The molecule has 0 heterocycles. The minimum Gasteiger partial charge on any atom is -0.480 e. The second-order valence-corrected chi connectivity index (χ2v) is 3.41. The summed E-state index contributed by atoms with van der Waals surface area (Å²) in [6, 6.07) is -0.804. The van der Waals surface area contributed by atoms with Crippen LogP contribution in [0.15, 0.2) is 0 Å². The molecular formula is C9H18N2O3. The molecule has 0 saturated carbocycles. The fourth-order valence-corrected chi connectivity index (χ4v) is 0.977. The molecule has 0 fully saturated rings. The largest absolute Gasteiger partial charge is 0.480 e. The molecular weight excluding hydrogens is 184 g/mol. The Labute approximate surface area is 83.9 Å². The summed E-state index contributed by atoms with van der Waals surface area (Å²) in [5.41, 5.74) is 0. The number of carboxylic acid groups (broad SMARTS) is 1. The monoisotopic (exact) mass is 202 g/mol. The highest BCUT2D eigenvalue weighted by Crippen LogP contribution is 2.00. The van der Waals surface area contributed by atoms with E-state index in [1.165, 1.54) is 0 Å². The lowest BCUT2D eigenvalue weighted by molar-refractivity contribution is -0.142. The van der Waals surface area contributed by atoms with E-state index in [1.807, 2.05) is 6.92 Å². The molecule has 0 rings (SSSR count). The van der Waals surface area contributed by atoms with E-state index in [0.717, 1.165) is 0 Å². The summed E-state index contributed by atoms with van der Waals surface area (Å²) in [7, 11) is 0. The van der Waals surface area contributed by atoms with Crippen molar-refractivity contribution < 1.29 is 14.7 Å². The van der Waals surface area contributed by atoms with Crippen molar-refractivity contribution in [1.29, 1.82) is 0 Å². The number of carboxylic acids is 1. The van der Waals surface area contributed by atoms with Gasteiger partial charge in [0.25, 0.3) is 0 Å². The zero-order chi connectivity index (χ0) is 11.1. The summed E-state index contributed by atoms with van der Waals surface area (Å²) in [6.45, 7) is 6.24. The first-order chi connectivity index (χ1) is 6.49. The zero-order valence-electron chi connectivity index (χ0n) is 8.83. The summed E-state index contributed by atoms with van der Waals surface area (Å²) in [5.74, 6) is -1.39. The summed E-state index contributed by atoms with van der Waals surface area (Å²) < 4.78 is 0. The van der Waals surface area contributed by atoms with Crippen LogP contribution >= 0.6 is 0 Å². The van der Waals surface area contributed by atoms with Crippen molar-refractivity contribution in [1.82, 2.24) is 10.6 Å². The van der Waals surface area contributed by atoms with Crippen LogP contribution in [-0.2, 0) is 9.59 Å². The van der Waals surface area contributed by atoms with Crippen molar-refractivity contribution in [2.75, 3.05) is 13.1 Å². The molecule has 5 heteroatoms. The quantitative estimate of drug-likeness (QED) is 0.558. The molecule has 0 aromatic rings. The number of hydrogen-bond acceptors (Lipinski definition) is 3. The normalized spacial score (nSPS) is 12.6. The Bertz CT molecular complexity index is 204. The third kappa shape index (κ3) is 4.81. The lowest BCUT2D eigenvalue weighted by atomic mass is 10.1. The first-order valence-electron chi connectivity index (χ1n) is 4.72. The number of nitrogens with one attached hydrogen (secondary N) is 2. The maximum atomic E-state index is 11.2. The Morgan fingerprint density at radius 1 is 1.36 bits per heavy atom. The van der Waals surface area contributed by atoms with Crippen LogP contribution in [0.25, 0.3) is 0 Å². The Kier molecular flexibility index (Phi) is 5.87. The van der Waals surface area contributed by atoms with E-state index in [-0.39, 0.29) is 18.4 Å². The Hall–Kier alpha value is -1.10. The molecule has 0 aliphatic heterocycles. The summed E-state index contributed by atoms with van der Waals surface area (Å²) in [4.78, 5) is 21.9. The van der Waals surface area contributed by atoms with Crippen LogP contribution < -0.4 is 10.6 Å². The Morgan fingerprint density at radius 3 is 2.29 bits per heavy atom. The third-order valence-corrected chi connectivity index (χ3v) is 1.78. The zero-order valence-corrected chi connectivity index (χ0v) is 8.83. The number of amides is 1. The maximum absolute atomic E-state index is 11.2. The van der Waals surface area contributed by atoms with Crippen LogP contribution in [0.4, 0.5) is 0 Å². The molecule has 0 radical (unpaired) electrons. The minimum absolute atomic E-state index is 0.113. The lowest BCUT2D eigenvalue weighted by Crippen LogP contribution is -2.47. The van der Waals surface area contributed by atoms with Crippen LogP contribution in [0.1, 0.15) is 20.8 Å². The fourth-order valence-electron chi connectivity index (χ4n) is 0.977. The van der Waals surface area contributed by atoms with E-state index in [4.69, 9.17) is 5.11 Å². The molecule has 0 unspecified atom stereocenters. The lowest BCUT2D eigenvalue weighted by Gasteiger charge is -2.17.